The van der Waals surface area contributed by atoms with E-state index in [2.05, 4.69) is 224 Å². The van der Waals surface area contributed by atoms with Crippen molar-refractivity contribution >= 4 is 57.3 Å². The molecule has 0 aromatic heterocycles. The molecule has 0 atom stereocenters. The largest absolute Gasteiger partial charge is 0.378 e. The SMILES string of the molecule is Cc1cc(N(C)C)ccc1C(Nc1ccc(Cc2ccc(NC(c3ccc(N(C)C)cc3C)c3ccc(N(C)C)cc3C)c(Cl)c2)cc1Cl)c1ccc(N(C)C)cc1C. The van der Waals surface area contributed by atoms with Gasteiger partial charge in [0.1, 0.15) is 0 Å². The Labute approximate surface area is 363 Å². The molecule has 0 aliphatic rings. The molecule has 59 heavy (non-hydrogen) atoms. The summed E-state index contributed by atoms with van der Waals surface area (Å²) in [5.74, 6) is 0. The lowest BCUT2D eigenvalue weighted by Crippen LogP contribution is -2.17. The molecule has 2 N–H and O–H groups in total. The second kappa shape index (κ2) is 18.3. The Bertz CT molecular complexity index is 2150. The summed E-state index contributed by atoms with van der Waals surface area (Å²) in [5, 5.41) is 9.04. The maximum absolute atomic E-state index is 7.12. The standard InChI is InChI=1S/C51H60Cl2N6/c1-32-25-38(56(5)6)15-19-42(32)50(43-20-16-39(57(7)8)26-33(43)2)54-48-23-13-36(30-46(48)52)29-37-14-24-49(47(53)31-37)55-51(44-21-17-40(58(9)10)27-34(44)3)45-22-18-41(59(11)12)28-35(45)4/h13-28,30-31,50-51,54-55H,29H2,1-12H3. The van der Waals surface area contributed by atoms with E-state index in [9.17, 15) is 0 Å². The summed E-state index contributed by atoms with van der Waals surface area (Å²) in [7, 11) is 16.6. The average Bonchev–Trinajstić information content (AvgIpc) is 3.18. The lowest BCUT2D eigenvalue weighted by atomic mass is 9.91. The molecule has 0 heterocycles. The van der Waals surface area contributed by atoms with Crippen molar-refractivity contribution in [2.45, 2.75) is 46.2 Å². The predicted octanol–water partition coefficient (Wildman–Crippen LogP) is 12.5. The van der Waals surface area contributed by atoms with Crippen LogP contribution in [0, 0.1) is 27.7 Å². The third-order valence-corrected chi connectivity index (χ3v) is 12.0. The molecule has 308 valence electrons. The van der Waals surface area contributed by atoms with Crippen LogP contribution in [0.4, 0.5) is 34.1 Å². The molecule has 0 saturated carbocycles. The number of aryl methyl sites for hydroxylation is 4. The molecule has 0 aliphatic carbocycles. The second-order valence-corrected chi connectivity index (χ2v) is 17.5. The lowest BCUT2D eigenvalue weighted by molar-refractivity contribution is 0.911. The van der Waals surface area contributed by atoms with Crippen LogP contribution in [-0.4, -0.2) is 56.4 Å². The van der Waals surface area contributed by atoms with Gasteiger partial charge in [-0.3, -0.25) is 0 Å². The molecule has 0 spiro atoms. The Morgan fingerprint density at radius 1 is 0.390 bits per heavy atom. The molecule has 0 bridgehead atoms. The van der Waals surface area contributed by atoms with Crippen LogP contribution in [0.15, 0.2) is 109 Å². The highest BCUT2D eigenvalue weighted by atomic mass is 35.5. The van der Waals surface area contributed by atoms with E-state index in [1.807, 2.05) is 0 Å². The number of nitrogens with one attached hydrogen (secondary N) is 2. The number of anilines is 6. The zero-order valence-corrected chi connectivity index (χ0v) is 38.3. The fourth-order valence-corrected chi connectivity index (χ4v) is 8.33. The van der Waals surface area contributed by atoms with Gasteiger partial charge in [0, 0.05) is 79.1 Å². The zero-order chi connectivity index (χ0) is 42.7. The summed E-state index contributed by atoms with van der Waals surface area (Å²) >= 11 is 14.2. The first-order valence-electron chi connectivity index (χ1n) is 20.2. The van der Waals surface area contributed by atoms with E-state index in [4.69, 9.17) is 23.2 Å². The zero-order valence-electron chi connectivity index (χ0n) is 36.8. The molecule has 6 rings (SSSR count). The first-order valence-corrected chi connectivity index (χ1v) is 21.0. The predicted molar refractivity (Wildman–Crippen MR) is 259 cm³/mol. The van der Waals surface area contributed by atoms with Gasteiger partial charge in [0.05, 0.1) is 33.5 Å². The summed E-state index contributed by atoms with van der Waals surface area (Å²) in [6.07, 6.45) is 0.694. The Balaban J connectivity index is 1.26. The van der Waals surface area contributed by atoms with Crippen molar-refractivity contribution in [2.75, 3.05) is 86.6 Å². The van der Waals surface area contributed by atoms with Crippen LogP contribution in [0.1, 0.15) is 67.7 Å². The van der Waals surface area contributed by atoms with Gasteiger partial charge in [0.15, 0.2) is 0 Å². The Hall–Kier alpha value is -5.30. The van der Waals surface area contributed by atoms with Gasteiger partial charge in [-0.15, -0.1) is 0 Å². The number of benzene rings is 6. The highest BCUT2D eigenvalue weighted by molar-refractivity contribution is 6.33. The minimum absolute atomic E-state index is 0.0992. The molecule has 0 unspecified atom stereocenters. The number of nitrogens with zero attached hydrogens (tertiary/aromatic N) is 4. The number of rotatable bonds is 14. The van der Waals surface area contributed by atoms with E-state index >= 15 is 0 Å². The molecule has 0 amide bonds. The van der Waals surface area contributed by atoms with Gasteiger partial charge in [0.25, 0.3) is 0 Å². The van der Waals surface area contributed by atoms with Crippen LogP contribution < -0.4 is 30.2 Å². The normalized spacial score (nSPS) is 11.3. The van der Waals surface area contributed by atoms with Crippen LogP contribution in [-0.2, 0) is 6.42 Å². The van der Waals surface area contributed by atoms with Crippen molar-refractivity contribution in [3.8, 4) is 0 Å². The summed E-state index contributed by atoms with van der Waals surface area (Å²) in [6.45, 7) is 8.74. The summed E-state index contributed by atoms with van der Waals surface area (Å²) < 4.78 is 0. The molecule has 6 nitrogen and oxygen atoms in total. The van der Waals surface area contributed by atoms with Crippen molar-refractivity contribution in [1.29, 1.82) is 0 Å². The van der Waals surface area contributed by atoms with Crippen LogP contribution in [0.3, 0.4) is 0 Å². The van der Waals surface area contributed by atoms with E-state index in [-0.39, 0.29) is 12.1 Å². The first kappa shape index (κ1) is 43.3. The fourth-order valence-electron chi connectivity index (χ4n) is 7.81. The fraction of sp³-hybridized carbons (Fsp3) is 0.294. The molecule has 8 heteroatoms. The maximum atomic E-state index is 7.12. The number of hydrogen-bond acceptors (Lipinski definition) is 6. The topological polar surface area (TPSA) is 37.0 Å². The quantitative estimate of drug-likeness (QED) is 0.114. The van der Waals surface area contributed by atoms with Gasteiger partial charge in [0.2, 0.25) is 0 Å². The van der Waals surface area contributed by atoms with Gasteiger partial charge >= 0.3 is 0 Å². The number of halogens is 2. The van der Waals surface area contributed by atoms with E-state index < -0.39 is 0 Å². The Kier molecular flexibility index (Phi) is 13.4. The third kappa shape index (κ3) is 9.95. The molecule has 0 radical (unpaired) electrons. The third-order valence-electron chi connectivity index (χ3n) is 11.4. The van der Waals surface area contributed by atoms with Gasteiger partial charge < -0.3 is 30.2 Å². The maximum Gasteiger partial charge on any atom is 0.0773 e. The molecule has 6 aromatic carbocycles. The first-order chi connectivity index (χ1) is 28.0. The highest BCUT2D eigenvalue weighted by Gasteiger charge is 2.23. The smallest absolute Gasteiger partial charge is 0.0773 e. The van der Waals surface area contributed by atoms with Gasteiger partial charge in [-0.2, -0.15) is 0 Å². The van der Waals surface area contributed by atoms with Crippen LogP contribution >= 0.6 is 23.2 Å². The van der Waals surface area contributed by atoms with Crippen molar-refractivity contribution in [3.05, 3.63) is 175 Å². The molecular weight excluding hydrogens is 768 g/mol. The van der Waals surface area contributed by atoms with E-state index in [1.165, 1.54) is 67.3 Å². The van der Waals surface area contributed by atoms with Gasteiger partial charge in [-0.25, -0.2) is 0 Å². The molecular formula is C51H60Cl2N6. The lowest BCUT2D eigenvalue weighted by Gasteiger charge is -2.27. The van der Waals surface area contributed by atoms with Gasteiger partial charge in [-0.1, -0.05) is 59.6 Å². The summed E-state index contributed by atoms with van der Waals surface area (Å²) in [6, 6.07) is 39.1. The minimum Gasteiger partial charge on any atom is -0.378 e. The summed E-state index contributed by atoms with van der Waals surface area (Å²) in [4.78, 5) is 8.55. The Morgan fingerprint density at radius 3 is 0.881 bits per heavy atom. The minimum atomic E-state index is -0.0992. The second-order valence-electron chi connectivity index (χ2n) is 16.7. The van der Waals surface area contributed by atoms with Crippen LogP contribution in [0.2, 0.25) is 10.0 Å². The van der Waals surface area contributed by atoms with E-state index in [0.717, 1.165) is 22.5 Å². The van der Waals surface area contributed by atoms with E-state index in [1.54, 1.807) is 0 Å². The molecule has 6 aromatic rings. The van der Waals surface area contributed by atoms with Crippen molar-refractivity contribution in [2.24, 2.45) is 0 Å². The summed E-state index contributed by atoms with van der Waals surface area (Å²) in [5.41, 5.74) is 18.4. The van der Waals surface area contributed by atoms with Crippen LogP contribution in [0.25, 0.3) is 0 Å². The molecule has 0 saturated heterocycles. The van der Waals surface area contributed by atoms with Crippen molar-refractivity contribution in [1.82, 2.24) is 0 Å². The average molecular weight is 828 g/mol. The number of hydrogen-bond donors (Lipinski definition) is 2. The molecule has 0 fully saturated rings. The van der Waals surface area contributed by atoms with Crippen LogP contribution in [0.5, 0.6) is 0 Å². The Morgan fingerprint density at radius 2 is 0.661 bits per heavy atom. The van der Waals surface area contributed by atoms with Crippen molar-refractivity contribution in [3.63, 3.8) is 0 Å². The molecule has 0 aliphatic heterocycles. The monoisotopic (exact) mass is 826 g/mol. The van der Waals surface area contributed by atoms with Crippen molar-refractivity contribution < 1.29 is 0 Å². The highest BCUT2D eigenvalue weighted by Crippen LogP contribution is 2.38. The van der Waals surface area contributed by atoms with Gasteiger partial charge in [-0.05, 0) is 163 Å². The van der Waals surface area contributed by atoms with E-state index in [0.29, 0.717) is 16.5 Å².